The standard InChI is InChI=1S/C6H7NOSSi/c9-6(10)8-5-2-1-3-7-4-5/h1-4H,10H3. The van der Waals surface area contributed by atoms with Gasteiger partial charge in [0.1, 0.15) is 10.4 Å². The van der Waals surface area contributed by atoms with Gasteiger partial charge in [0.05, 0.1) is 16.4 Å². The molecule has 10 heavy (non-hydrogen) atoms. The van der Waals surface area contributed by atoms with Gasteiger partial charge in [-0.3, -0.25) is 4.98 Å². The quantitative estimate of drug-likeness (QED) is 0.440. The van der Waals surface area contributed by atoms with E-state index in [9.17, 15) is 0 Å². The molecule has 0 aromatic carbocycles. The van der Waals surface area contributed by atoms with Crippen LogP contribution in [0, 0.1) is 0 Å². The van der Waals surface area contributed by atoms with Crippen LogP contribution < -0.4 is 4.74 Å². The summed E-state index contributed by atoms with van der Waals surface area (Å²) in [6.45, 7) is 0. The van der Waals surface area contributed by atoms with Crippen LogP contribution in [0.15, 0.2) is 24.5 Å². The predicted molar refractivity (Wildman–Crippen MR) is 47.4 cm³/mol. The van der Waals surface area contributed by atoms with Gasteiger partial charge >= 0.3 is 0 Å². The highest BCUT2D eigenvalue weighted by molar-refractivity contribution is 7.82. The van der Waals surface area contributed by atoms with Crippen LogP contribution >= 0.6 is 12.2 Å². The fourth-order valence-electron chi connectivity index (χ4n) is 0.573. The molecule has 0 radical (unpaired) electrons. The van der Waals surface area contributed by atoms with E-state index in [1.807, 2.05) is 12.1 Å². The van der Waals surface area contributed by atoms with Crippen LogP contribution in [0.5, 0.6) is 5.75 Å². The van der Waals surface area contributed by atoms with Gasteiger partial charge in [0.2, 0.25) is 0 Å². The van der Waals surface area contributed by atoms with Gasteiger partial charge in [-0.2, -0.15) is 0 Å². The molecular weight excluding hydrogens is 162 g/mol. The third-order valence-corrected chi connectivity index (χ3v) is 1.18. The maximum absolute atomic E-state index is 5.14. The zero-order valence-electron chi connectivity index (χ0n) is 5.57. The second-order valence-corrected chi connectivity index (χ2v) is 3.99. The summed E-state index contributed by atoms with van der Waals surface area (Å²) >= 11 is 4.79. The van der Waals surface area contributed by atoms with E-state index in [1.165, 1.54) is 0 Å². The summed E-state index contributed by atoms with van der Waals surface area (Å²) in [5.41, 5.74) is 0. The Labute approximate surface area is 67.7 Å². The molecule has 0 saturated heterocycles. The van der Waals surface area contributed by atoms with E-state index < -0.39 is 0 Å². The summed E-state index contributed by atoms with van der Waals surface area (Å²) in [5.74, 6) is 0.725. The Bertz CT molecular complexity index is 226. The molecule has 2 nitrogen and oxygen atoms in total. The maximum atomic E-state index is 5.14. The van der Waals surface area contributed by atoms with Crippen molar-refractivity contribution in [3.63, 3.8) is 0 Å². The first-order valence-electron chi connectivity index (χ1n) is 2.87. The largest absolute Gasteiger partial charge is 0.455 e. The van der Waals surface area contributed by atoms with Gasteiger partial charge in [-0.1, -0.05) is 12.2 Å². The molecule has 0 N–H and O–H groups in total. The van der Waals surface area contributed by atoms with Crippen molar-refractivity contribution in [2.75, 3.05) is 0 Å². The Morgan fingerprint density at radius 3 is 3.00 bits per heavy atom. The third kappa shape index (κ3) is 2.24. The molecule has 0 bridgehead atoms. The molecule has 0 aliphatic carbocycles. The summed E-state index contributed by atoms with van der Waals surface area (Å²) in [7, 11) is 0.785. The molecule has 0 aliphatic heterocycles. The summed E-state index contributed by atoms with van der Waals surface area (Å²) in [4.78, 5) is 3.87. The molecule has 1 rings (SSSR count). The highest BCUT2D eigenvalue weighted by atomic mass is 32.1. The summed E-state index contributed by atoms with van der Waals surface area (Å²) in [6.07, 6.45) is 3.34. The third-order valence-electron chi connectivity index (χ3n) is 0.896. The van der Waals surface area contributed by atoms with Crippen LogP contribution in [0.4, 0.5) is 0 Å². The maximum Gasteiger partial charge on any atom is 0.145 e. The molecule has 0 aliphatic rings. The number of pyridine rings is 1. The first kappa shape index (κ1) is 7.36. The monoisotopic (exact) mass is 169 g/mol. The van der Waals surface area contributed by atoms with Crippen LogP contribution in [0.3, 0.4) is 0 Å². The fraction of sp³-hybridized carbons (Fsp3) is 0. The lowest BCUT2D eigenvalue weighted by molar-refractivity contribution is 0.574. The smallest absolute Gasteiger partial charge is 0.145 e. The van der Waals surface area contributed by atoms with Crippen LogP contribution in [-0.4, -0.2) is 19.9 Å². The average Bonchev–Trinajstić information content (AvgIpc) is 1.88. The number of hydrogen-bond acceptors (Lipinski definition) is 3. The van der Waals surface area contributed by atoms with Crippen LogP contribution in [0.1, 0.15) is 0 Å². The van der Waals surface area contributed by atoms with Gasteiger partial charge in [0, 0.05) is 6.20 Å². The van der Waals surface area contributed by atoms with Gasteiger partial charge in [-0.05, 0) is 12.1 Å². The Hall–Kier alpha value is -0.743. The van der Waals surface area contributed by atoms with Crippen molar-refractivity contribution in [2.45, 2.75) is 0 Å². The average molecular weight is 169 g/mol. The number of thiocarbonyl (C=S) groups is 1. The molecule has 0 atom stereocenters. The number of hydrogen-bond donors (Lipinski definition) is 0. The van der Waals surface area contributed by atoms with Gasteiger partial charge < -0.3 is 4.74 Å². The first-order valence-corrected chi connectivity index (χ1v) is 4.28. The number of rotatable bonds is 1. The second kappa shape index (κ2) is 3.43. The van der Waals surface area contributed by atoms with E-state index in [0.717, 1.165) is 16.0 Å². The highest BCUT2D eigenvalue weighted by Crippen LogP contribution is 2.05. The molecule has 0 amide bonds. The molecule has 4 heteroatoms. The van der Waals surface area contributed by atoms with Gasteiger partial charge in [0.25, 0.3) is 0 Å². The summed E-state index contributed by atoms with van der Waals surface area (Å²) in [6, 6.07) is 3.65. The van der Waals surface area contributed by atoms with Gasteiger partial charge in [-0.15, -0.1) is 0 Å². The van der Waals surface area contributed by atoms with Crippen molar-refractivity contribution in [2.24, 2.45) is 0 Å². The van der Waals surface area contributed by atoms with Crippen molar-refractivity contribution in [3.8, 4) is 5.75 Å². The normalized spacial score (nSPS) is 9.20. The number of nitrogens with zero attached hydrogens (tertiary/aromatic N) is 1. The summed E-state index contributed by atoms with van der Waals surface area (Å²) < 4.78 is 5.79. The first-order chi connectivity index (χ1) is 4.79. The zero-order valence-corrected chi connectivity index (χ0v) is 8.39. The molecular formula is C6H7NOSSi. The van der Waals surface area contributed by atoms with Crippen molar-refractivity contribution in [3.05, 3.63) is 24.5 Å². The minimum absolute atomic E-state index is 0.646. The minimum atomic E-state index is 0.646. The molecule has 52 valence electrons. The second-order valence-electron chi connectivity index (χ2n) is 1.78. The van der Waals surface area contributed by atoms with E-state index in [-0.39, 0.29) is 0 Å². The Morgan fingerprint density at radius 2 is 2.50 bits per heavy atom. The van der Waals surface area contributed by atoms with Crippen molar-refractivity contribution in [1.82, 2.24) is 4.98 Å². The van der Waals surface area contributed by atoms with E-state index in [4.69, 9.17) is 17.0 Å². The Balaban J connectivity index is 2.67. The SMILES string of the molecule is [SiH3]C(=S)Oc1cccnc1. The molecule has 1 aromatic rings. The summed E-state index contributed by atoms with van der Waals surface area (Å²) in [5, 5.41) is 0. The minimum Gasteiger partial charge on any atom is -0.455 e. The zero-order chi connectivity index (χ0) is 7.40. The Kier molecular flexibility index (Phi) is 2.53. The van der Waals surface area contributed by atoms with E-state index in [2.05, 4.69) is 4.98 Å². The van der Waals surface area contributed by atoms with Crippen LogP contribution in [0.25, 0.3) is 0 Å². The number of ether oxygens (including phenoxy) is 1. The molecule has 1 aromatic heterocycles. The van der Waals surface area contributed by atoms with Gasteiger partial charge in [-0.25, -0.2) is 0 Å². The fourth-order valence-corrected chi connectivity index (χ4v) is 0.905. The van der Waals surface area contributed by atoms with E-state index >= 15 is 0 Å². The lowest BCUT2D eigenvalue weighted by Gasteiger charge is -1.99. The number of aromatic nitrogens is 1. The van der Waals surface area contributed by atoms with Crippen molar-refractivity contribution in [1.29, 1.82) is 0 Å². The van der Waals surface area contributed by atoms with Gasteiger partial charge in [0.15, 0.2) is 0 Å². The molecule has 0 unspecified atom stereocenters. The lowest BCUT2D eigenvalue weighted by Crippen LogP contribution is -2.03. The Morgan fingerprint density at radius 1 is 1.70 bits per heavy atom. The highest BCUT2D eigenvalue weighted by Gasteiger charge is 1.90. The van der Waals surface area contributed by atoms with Crippen molar-refractivity contribution < 1.29 is 4.74 Å². The van der Waals surface area contributed by atoms with Crippen molar-refractivity contribution >= 4 is 27.1 Å². The van der Waals surface area contributed by atoms with Crippen LogP contribution in [-0.2, 0) is 0 Å². The predicted octanol–water partition coefficient (Wildman–Crippen LogP) is 0.111. The van der Waals surface area contributed by atoms with E-state index in [0.29, 0.717) is 4.67 Å². The molecule has 1 heterocycles. The lowest BCUT2D eigenvalue weighted by atomic mass is 10.5. The molecule has 0 saturated carbocycles. The van der Waals surface area contributed by atoms with E-state index in [1.54, 1.807) is 12.4 Å². The molecule has 0 fully saturated rings. The molecule has 0 spiro atoms. The topological polar surface area (TPSA) is 22.1 Å². The van der Waals surface area contributed by atoms with Crippen LogP contribution in [0.2, 0.25) is 0 Å².